The minimum absolute atomic E-state index is 0.274. The van der Waals surface area contributed by atoms with Crippen molar-refractivity contribution in [2.45, 2.75) is 12.9 Å². The lowest BCUT2D eigenvalue weighted by Gasteiger charge is -2.33. The standard InChI is InChI=1S/C24H24F3N3O2/c25-24(26,27)32-22-10-8-20(9-11-22)23-28-21(18-31-23)17-30-15-13-29(14-16-30)12-4-7-19-5-2-1-3-6-19/h1-11,18H,12-17H2/b7-4+. The Balaban J connectivity index is 1.24. The molecule has 0 spiro atoms. The van der Waals surface area contributed by atoms with Gasteiger partial charge in [0.2, 0.25) is 5.89 Å². The Hall–Kier alpha value is -3.10. The molecule has 0 amide bonds. The number of piperazine rings is 1. The van der Waals surface area contributed by atoms with Crippen LogP contribution in [0.2, 0.25) is 0 Å². The quantitative estimate of drug-likeness (QED) is 0.510. The molecule has 0 atom stereocenters. The van der Waals surface area contributed by atoms with Gasteiger partial charge in [-0.05, 0) is 29.8 Å². The number of nitrogens with zero attached hydrogens (tertiary/aromatic N) is 3. The van der Waals surface area contributed by atoms with Crippen molar-refractivity contribution >= 4 is 6.08 Å². The number of rotatable bonds is 7. The molecule has 0 bridgehead atoms. The van der Waals surface area contributed by atoms with Gasteiger partial charge in [-0.1, -0.05) is 42.5 Å². The van der Waals surface area contributed by atoms with Crippen molar-refractivity contribution in [1.82, 2.24) is 14.8 Å². The van der Waals surface area contributed by atoms with Gasteiger partial charge in [0.1, 0.15) is 12.0 Å². The van der Waals surface area contributed by atoms with Crippen molar-refractivity contribution in [1.29, 1.82) is 0 Å². The molecule has 8 heteroatoms. The van der Waals surface area contributed by atoms with Crippen LogP contribution in [-0.2, 0) is 6.54 Å². The number of oxazole rings is 1. The molecule has 168 valence electrons. The van der Waals surface area contributed by atoms with Crippen molar-refractivity contribution in [3.05, 3.63) is 78.2 Å². The molecule has 1 saturated heterocycles. The molecule has 1 aliphatic rings. The van der Waals surface area contributed by atoms with E-state index in [4.69, 9.17) is 4.42 Å². The highest BCUT2D eigenvalue weighted by Crippen LogP contribution is 2.26. The maximum absolute atomic E-state index is 12.3. The normalized spacial score (nSPS) is 16.0. The summed E-state index contributed by atoms with van der Waals surface area (Å²) in [6, 6.07) is 15.7. The summed E-state index contributed by atoms with van der Waals surface area (Å²) < 4.78 is 46.3. The number of alkyl halides is 3. The molecule has 0 radical (unpaired) electrons. The smallest absolute Gasteiger partial charge is 0.444 e. The van der Waals surface area contributed by atoms with Gasteiger partial charge in [0.05, 0.1) is 5.69 Å². The van der Waals surface area contributed by atoms with Crippen LogP contribution in [0.15, 0.2) is 71.4 Å². The Morgan fingerprint density at radius 3 is 2.31 bits per heavy atom. The van der Waals surface area contributed by atoms with Gasteiger partial charge >= 0.3 is 6.36 Å². The summed E-state index contributed by atoms with van der Waals surface area (Å²) in [5.74, 6) is 0.104. The van der Waals surface area contributed by atoms with Crippen molar-refractivity contribution in [2.24, 2.45) is 0 Å². The zero-order valence-electron chi connectivity index (χ0n) is 17.5. The van der Waals surface area contributed by atoms with E-state index in [1.807, 2.05) is 18.2 Å². The SMILES string of the molecule is FC(F)(F)Oc1ccc(-c2nc(CN3CCN(C/C=C/c4ccccc4)CC3)co2)cc1. The van der Waals surface area contributed by atoms with E-state index in [1.54, 1.807) is 6.26 Å². The van der Waals surface area contributed by atoms with Crippen molar-refractivity contribution in [3.63, 3.8) is 0 Å². The number of hydrogen-bond acceptors (Lipinski definition) is 5. The summed E-state index contributed by atoms with van der Waals surface area (Å²) >= 11 is 0. The largest absolute Gasteiger partial charge is 0.573 e. The van der Waals surface area contributed by atoms with Gasteiger partial charge < -0.3 is 9.15 Å². The van der Waals surface area contributed by atoms with Crippen molar-refractivity contribution in [2.75, 3.05) is 32.7 Å². The molecule has 0 aliphatic carbocycles. The fourth-order valence-corrected chi connectivity index (χ4v) is 3.57. The second kappa shape index (κ2) is 10.0. The summed E-state index contributed by atoms with van der Waals surface area (Å²) in [5.41, 5.74) is 2.60. The maximum atomic E-state index is 12.3. The molecule has 0 saturated carbocycles. The zero-order chi connectivity index (χ0) is 22.4. The molecular formula is C24H24F3N3O2. The van der Waals surface area contributed by atoms with Crippen molar-refractivity contribution in [3.8, 4) is 17.2 Å². The fraction of sp³-hybridized carbons (Fsp3) is 0.292. The lowest BCUT2D eigenvalue weighted by Crippen LogP contribution is -2.45. The van der Waals surface area contributed by atoms with Gasteiger partial charge in [0.25, 0.3) is 0 Å². The predicted octanol–water partition coefficient (Wildman–Crippen LogP) is 5.07. The second-order valence-electron chi connectivity index (χ2n) is 7.61. The van der Waals surface area contributed by atoms with E-state index < -0.39 is 6.36 Å². The molecule has 4 rings (SSSR count). The Kier molecular flexibility index (Phi) is 6.92. The van der Waals surface area contributed by atoms with E-state index in [0.29, 0.717) is 18.0 Å². The fourth-order valence-electron chi connectivity index (χ4n) is 3.57. The van der Waals surface area contributed by atoms with Crippen LogP contribution >= 0.6 is 0 Å². The van der Waals surface area contributed by atoms with E-state index in [1.165, 1.54) is 29.8 Å². The first-order valence-electron chi connectivity index (χ1n) is 10.4. The van der Waals surface area contributed by atoms with Crippen LogP contribution in [0.3, 0.4) is 0 Å². The molecule has 0 N–H and O–H groups in total. The highest BCUT2D eigenvalue weighted by molar-refractivity contribution is 5.54. The summed E-state index contributed by atoms with van der Waals surface area (Å²) in [6.45, 7) is 5.42. The van der Waals surface area contributed by atoms with E-state index in [-0.39, 0.29) is 5.75 Å². The van der Waals surface area contributed by atoms with Crippen LogP contribution in [0.5, 0.6) is 5.75 Å². The van der Waals surface area contributed by atoms with Gasteiger partial charge in [-0.2, -0.15) is 0 Å². The summed E-state index contributed by atoms with van der Waals surface area (Å²) in [5, 5.41) is 0. The summed E-state index contributed by atoms with van der Waals surface area (Å²) in [7, 11) is 0. The Bertz CT molecular complexity index is 1010. The van der Waals surface area contributed by atoms with Gasteiger partial charge in [-0.15, -0.1) is 13.2 Å². The molecular weight excluding hydrogens is 419 g/mol. The highest BCUT2D eigenvalue weighted by atomic mass is 19.4. The molecule has 1 aliphatic heterocycles. The average Bonchev–Trinajstić information content (AvgIpc) is 3.24. The topological polar surface area (TPSA) is 41.7 Å². The molecule has 2 heterocycles. The van der Waals surface area contributed by atoms with Gasteiger partial charge in [0, 0.05) is 44.8 Å². The van der Waals surface area contributed by atoms with E-state index in [2.05, 4.69) is 43.8 Å². The Labute approximate surface area is 184 Å². The van der Waals surface area contributed by atoms with Gasteiger partial charge in [-0.25, -0.2) is 4.98 Å². The molecule has 0 unspecified atom stereocenters. The first kappa shape index (κ1) is 22.1. The van der Waals surface area contributed by atoms with Gasteiger partial charge in [0.15, 0.2) is 0 Å². The highest BCUT2D eigenvalue weighted by Gasteiger charge is 2.31. The number of ether oxygens (including phenoxy) is 1. The molecule has 32 heavy (non-hydrogen) atoms. The van der Waals surface area contributed by atoms with Crippen LogP contribution in [-0.4, -0.2) is 53.9 Å². The van der Waals surface area contributed by atoms with Crippen LogP contribution in [0.1, 0.15) is 11.3 Å². The molecule has 1 fully saturated rings. The van der Waals surface area contributed by atoms with E-state index in [9.17, 15) is 13.2 Å². The van der Waals surface area contributed by atoms with Crippen molar-refractivity contribution < 1.29 is 22.3 Å². The third kappa shape index (κ3) is 6.45. The third-order valence-corrected chi connectivity index (χ3v) is 5.21. The van der Waals surface area contributed by atoms with E-state index >= 15 is 0 Å². The van der Waals surface area contributed by atoms with E-state index in [0.717, 1.165) is 38.4 Å². The summed E-state index contributed by atoms with van der Waals surface area (Å²) in [4.78, 5) is 9.22. The molecule has 1 aromatic heterocycles. The third-order valence-electron chi connectivity index (χ3n) is 5.21. The zero-order valence-corrected chi connectivity index (χ0v) is 17.5. The lowest BCUT2D eigenvalue weighted by molar-refractivity contribution is -0.274. The maximum Gasteiger partial charge on any atom is 0.573 e. The number of aromatic nitrogens is 1. The average molecular weight is 443 g/mol. The monoisotopic (exact) mass is 443 g/mol. The number of hydrogen-bond donors (Lipinski definition) is 0. The van der Waals surface area contributed by atoms with Gasteiger partial charge in [-0.3, -0.25) is 9.80 Å². The first-order valence-corrected chi connectivity index (χ1v) is 10.4. The summed E-state index contributed by atoms with van der Waals surface area (Å²) in [6.07, 6.45) is 1.23. The Morgan fingerprint density at radius 1 is 0.938 bits per heavy atom. The minimum atomic E-state index is -4.71. The van der Waals surface area contributed by atoms with Crippen LogP contribution < -0.4 is 4.74 Å². The lowest BCUT2D eigenvalue weighted by atomic mass is 10.2. The molecule has 5 nitrogen and oxygen atoms in total. The van der Waals surface area contributed by atoms with Crippen LogP contribution in [0.25, 0.3) is 17.5 Å². The molecule has 2 aromatic carbocycles. The second-order valence-corrected chi connectivity index (χ2v) is 7.61. The minimum Gasteiger partial charge on any atom is -0.444 e. The number of benzene rings is 2. The number of halogens is 3. The van der Waals surface area contributed by atoms with Crippen LogP contribution in [0.4, 0.5) is 13.2 Å². The first-order chi connectivity index (χ1) is 15.4. The Morgan fingerprint density at radius 2 is 1.62 bits per heavy atom. The molecule has 3 aromatic rings. The van der Waals surface area contributed by atoms with Crippen LogP contribution in [0, 0.1) is 0 Å². The predicted molar refractivity (Wildman–Crippen MR) is 116 cm³/mol.